The Bertz CT molecular complexity index is 1780. The van der Waals surface area contributed by atoms with Crippen molar-refractivity contribution < 1.29 is 28.6 Å². The molecule has 0 heterocycles. The smallest absolute Gasteiger partial charge is 0.306 e. The molecule has 0 radical (unpaired) electrons. The van der Waals surface area contributed by atoms with E-state index < -0.39 is 6.10 Å². The number of allylic oxidation sites excluding steroid dienone is 26. The summed E-state index contributed by atoms with van der Waals surface area (Å²) in [7, 11) is 0. The lowest BCUT2D eigenvalue weighted by Crippen LogP contribution is -2.30. The predicted octanol–water partition coefficient (Wildman–Crippen LogP) is 22.1. The van der Waals surface area contributed by atoms with Crippen LogP contribution in [0.1, 0.15) is 265 Å². The van der Waals surface area contributed by atoms with E-state index in [4.69, 9.17) is 14.2 Å². The van der Waals surface area contributed by atoms with Crippen LogP contribution in [0.15, 0.2) is 158 Å². The Kier molecular flexibility index (Phi) is 61.4. The van der Waals surface area contributed by atoms with E-state index in [2.05, 4.69) is 179 Å². The number of esters is 3. The minimum absolute atomic E-state index is 0.108. The molecule has 0 fully saturated rings. The molecule has 0 aliphatic carbocycles. The molecule has 0 aromatic heterocycles. The van der Waals surface area contributed by atoms with Crippen molar-refractivity contribution >= 4 is 17.9 Å². The van der Waals surface area contributed by atoms with Crippen molar-refractivity contribution in [1.29, 1.82) is 0 Å². The lowest BCUT2D eigenvalue weighted by Gasteiger charge is -2.18. The Labute approximate surface area is 486 Å². The quantitative estimate of drug-likeness (QED) is 0.0261. The van der Waals surface area contributed by atoms with Gasteiger partial charge in [0, 0.05) is 19.3 Å². The van der Waals surface area contributed by atoms with E-state index in [0.29, 0.717) is 19.3 Å². The van der Waals surface area contributed by atoms with Gasteiger partial charge in [-0.2, -0.15) is 0 Å². The van der Waals surface area contributed by atoms with Gasteiger partial charge >= 0.3 is 17.9 Å². The first-order chi connectivity index (χ1) is 39.0. The molecule has 0 bridgehead atoms. The molecule has 1 atom stereocenters. The third kappa shape index (κ3) is 63.7. The minimum atomic E-state index is -0.816. The van der Waals surface area contributed by atoms with E-state index in [1.54, 1.807) is 0 Å². The van der Waals surface area contributed by atoms with Crippen LogP contribution in [-0.4, -0.2) is 37.2 Å². The predicted molar refractivity (Wildman–Crippen MR) is 343 cm³/mol. The van der Waals surface area contributed by atoms with Gasteiger partial charge in [-0.1, -0.05) is 256 Å². The van der Waals surface area contributed by atoms with Crippen LogP contribution in [0, 0.1) is 0 Å². The lowest BCUT2D eigenvalue weighted by atomic mass is 10.1. The van der Waals surface area contributed by atoms with Crippen molar-refractivity contribution in [3.63, 3.8) is 0 Å². The van der Waals surface area contributed by atoms with Crippen molar-refractivity contribution in [2.24, 2.45) is 0 Å². The molecular weight excluding hydrogens is 973 g/mol. The summed E-state index contributed by atoms with van der Waals surface area (Å²) >= 11 is 0. The Morgan fingerprint density at radius 1 is 0.266 bits per heavy atom. The molecule has 79 heavy (non-hydrogen) atoms. The van der Waals surface area contributed by atoms with E-state index in [9.17, 15) is 14.4 Å². The fraction of sp³-hybridized carbons (Fsp3) is 0.603. The Morgan fingerprint density at radius 3 is 0.797 bits per heavy atom. The van der Waals surface area contributed by atoms with Crippen LogP contribution in [0.25, 0.3) is 0 Å². The van der Waals surface area contributed by atoms with Crippen molar-refractivity contribution in [3.8, 4) is 0 Å². The standard InChI is InChI=1S/C73H116O6/c1-4-7-10-13-16-19-22-25-28-30-32-33-34-35-36-37-38-39-41-42-45-48-51-54-57-60-63-66-72(75)78-69-70(68-77-71(74)65-62-59-56-53-50-47-44-27-24-21-18-15-12-9-6-3)79-73(76)67-64-61-58-55-52-49-46-43-40-31-29-26-23-20-17-14-11-8-5-2/h7-8,10-11,16-17,19-20,25-29,32-33,35-36,38-40,42-45,49,52,70H,4-6,9,12-15,18,21-24,30-31,34,37,41,46-48,50-51,53-69H2,1-3H3/b10-7-,11-8-,19-16-,20-17-,28-25-,29-26-,33-32-,36-35-,39-38-,43-40-,44-27-,45-42-,52-49-. The molecule has 6 nitrogen and oxygen atoms in total. The second-order valence-corrected chi connectivity index (χ2v) is 20.5. The number of ether oxygens (including phenoxy) is 3. The minimum Gasteiger partial charge on any atom is -0.462 e. The summed E-state index contributed by atoms with van der Waals surface area (Å²) in [6.45, 7) is 6.35. The van der Waals surface area contributed by atoms with Crippen molar-refractivity contribution in [1.82, 2.24) is 0 Å². The molecule has 0 saturated heterocycles. The molecule has 6 heteroatoms. The average Bonchev–Trinajstić information content (AvgIpc) is 3.45. The molecule has 0 rings (SSSR count). The number of hydrogen-bond donors (Lipinski definition) is 0. The van der Waals surface area contributed by atoms with Gasteiger partial charge in [0.05, 0.1) is 0 Å². The van der Waals surface area contributed by atoms with E-state index in [-0.39, 0.29) is 37.5 Å². The SMILES string of the molecule is CC/C=C\C/C=C\C/C=C\C/C=C\C/C=C\C/C=C\C/C=C\CCCCCCCC(=O)OCC(COC(=O)CCCCCCC/C=C\CCCCCCCC)OC(=O)CCCCC/C=C\C/C=C\C/C=C\C/C=C\C/C=C\CC. The van der Waals surface area contributed by atoms with Gasteiger partial charge in [-0.05, 0) is 148 Å². The number of rotatable bonds is 56. The van der Waals surface area contributed by atoms with E-state index in [1.165, 1.54) is 51.4 Å². The topological polar surface area (TPSA) is 78.9 Å². The molecule has 0 amide bonds. The second kappa shape index (κ2) is 65.5. The van der Waals surface area contributed by atoms with Gasteiger partial charge in [-0.3, -0.25) is 14.4 Å². The third-order valence-corrected chi connectivity index (χ3v) is 13.0. The molecule has 0 aromatic rings. The van der Waals surface area contributed by atoms with E-state index in [0.717, 1.165) is 167 Å². The highest BCUT2D eigenvalue weighted by molar-refractivity contribution is 5.71. The van der Waals surface area contributed by atoms with E-state index >= 15 is 0 Å². The molecule has 0 aliphatic heterocycles. The maximum atomic E-state index is 12.9. The highest BCUT2D eigenvalue weighted by atomic mass is 16.6. The molecule has 0 aromatic carbocycles. The first-order valence-electron chi connectivity index (χ1n) is 32.0. The fourth-order valence-electron chi connectivity index (χ4n) is 8.27. The van der Waals surface area contributed by atoms with Gasteiger partial charge in [0.25, 0.3) is 0 Å². The first kappa shape index (κ1) is 74.0. The van der Waals surface area contributed by atoms with Gasteiger partial charge < -0.3 is 14.2 Å². The van der Waals surface area contributed by atoms with Crippen LogP contribution in [0.4, 0.5) is 0 Å². The Balaban J connectivity index is 4.49. The molecule has 0 N–H and O–H groups in total. The first-order valence-corrected chi connectivity index (χ1v) is 32.0. The maximum absolute atomic E-state index is 12.9. The van der Waals surface area contributed by atoms with Crippen molar-refractivity contribution in [2.75, 3.05) is 13.2 Å². The van der Waals surface area contributed by atoms with Crippen molar-refractivity contribution in [2.45, 2.75) is 271 Å². The summed E-state index contributed by atoms with van der Waals surface area (Å²) in [6.07, 6.45) is 95.2. The Morgan fingerprint density at radius 2 is 0.494 bits per heavy atom. The summed E-state index contributed by atoms with van der Waals surface area (Å²) in [5, 5.41) is 0. The second-order valence-electron chi connectivity index (χ2n) is 20.5. The fourth-order valence-corrected chi connectivity index (χ4v) is 8.27. The number of hydrogen-bond acceptors (Lipinski definition) is 6. The van der Waals surface area contributed by atoms with Gasteiger partial charge in [0.15, 0.2) is 6.10 Å². The molecule has 444 valence electrons. The maximum Gasteiger partial charge on any atom is 0.306 e. The summed E-state index contributed by atoms with van der Waals surface area (Å²) in [6, 6.07) is 0. The van der Waals surface area contributed by atoms with Crippen LogP contribution < -0.4 is 0 Å². The normalized spacial score (nSPS) is 13.2. The lowest BCUT2D eigenvalue weighted by molar-refractivity contribution is -0.167. The van der Waals surface area contributed by atoms with Gasteiger partial charge in [-0.25, -0.2) is 0 Å². The van der Waals surface area contributed by atoms with Crippen molar-refractivity contribution in [3.05, 3.63) is 158 Å². The van der Waals surface area contributed by atoms with Crippen LogP contribution in [0.2, 0.25) is 0 Å². The van der Waals surface area contributed by atoms with Crippen LogP contribution in [0.3, 0.4) is 0 Å². The average molecular weight is 1090 g/mol. The number of unbranched alkanes of at least 4 members (excludes halogenated alkanes) is 19. The third-order valence-electron chi connectivity index (χ3n) is 13.0. The zero-order valence-electron chi connectivity index (χ0n) is 50.8. The largest absolute Gasteiger partial charge is 0.462 e. The molecule has 0 saturated carbocycles. The zero-order valence-corrected chi connectivity index (χ0v) is 50.8. The summed E-state index contributed by atoms with van der Waals surface area (Å²) < 4.78 is 16.9. The molecular formula is C73H116O6. The van der Waals surface area contributed by atoms with Gasteiger partial charge in [0.2, 0.25) is 0 Å². The highest BCUT2D eigenvalue weighted by Crippen LogP contribution is 2.14. The Hall–Kier alpha value is -4.97. The molecule has 1 unspecified atom stereocenters. The van der Waals surface area contributed by atoms with Crippen LogP contribution >= 0.6 is 0 Å². The van der Waals surface area contributed by atoms with E-state index in [1.807, 2.05) is 0 Å². The summed E-state index contributed by atoms with van der Waals surface area (Å²) in [5.74, 6) is -0.971. The molecule has 0 spiro atoms. The monoisotopic (exact) mass is 1090 g/mol. The van der Waals surface area contributed by atoms with Crippen LogP contribution in [0.5, 0.6) is 0 Å². The summed E-state index contributed by atoms with van der Waals surface area (Å²) in [5.41, 5.74) is 0. The van der Waals surface area contributed by atoms with Crippen LogP contribution in [-0.2, 0) is 28.6 Å². The highest BCUT2D eigenvalue weighted by Gasteiger charge is 2.19. The summed E-state index contributed by atoms with van der Waals surface area (Å²) in [4.78, 5) is 38.3. The van der Waals surface area contributed by atoms with Gasteiger partial charge in [0.1, 0.15) is 13.2 Å². The van der Waals surface area contributed by atoms with Gasteiger partial charge in [-0.15, -0.1) is 0 Å². The zero-order chi connectivity index (χ0) is 57.1. The number of carbonyl (C=O) groups excluding carboxylic acids is 3. The number of carbonyl (C=O) groups is 3. The molecule has 0 aliphatic rings.